The molecule has 1 aromatic rings. The Labute approximate surface area is 123 Å². The lowest BCUT2D eigenvalue weighted by molar-refractivity contribution is -0.386. The molecule has 0 aromatic heterocycles. The van der Waals surface area contributed by atoms with Crippen LogP contribution in [-0.4, -0.2) is 17.6 Å². The van der Waals surface area contributed by atoms with E-state index in [0.717, 1.165) is 19.3 Å². The highest BCUT2D eigenvalue weighted by Gasteiger charge is 2.25. The largest absolute Gasteiger partial charge is 0.373 e. The molecule has 20 heavy (non-hydrogen) atoms. The maximum atomic E-state index is 11.0. The molecule has 6 heteroatoms. The van der Waals surface area contributed by atoms with Crippen LogP contribution >= 0.6 is 11.6 Å². The van der Waals surface area contributed by atoms with Crippen molar-refractivity contribution in [2.24, 2.45) is 11.7 Å². The van der Waals surface area contributed by atoms with Crippen molar-refractivity contribution in [2.75, 3.05) is 6.54 Å². The minimum atomic E-state index is -0.406. The number of nitro benzene ring substituents is 1. The topological polar surface area (TPSA) is 78.4 Å². The van der Waals surface area contributed by atoms with E-state index < -0.39 is 4.92 Å². The van der Waals surface area contributed by atoms with Crippen molar-refractivity contribution in [3.05, 3.63) is 38.9 Å². The number of nitrogens with two attached hydrogens (primary N) is 1. The van der Waals surface area contributed by atoms with E-state index in [1.807, 2.05) is 0 Å². The van der Waals surface area contributed by atoms with E-state index in [2.05, 4.69) is 0 Å². The summed E-state index contributed by atoms with van der Waals surface area (Å²) in [4.78, 5) is 10.6. The van der Waals surface area contributed by atoms with Gasteiger partial charge in [-0.2, -0.15) is 0 Å². The quantitative estimate of drug-likeness (QED) is 0.668. The summed E-state index contributed by atoms with van der Waals surface area (Å²) in [6.45, 7) is 0.806. The van der Waals surface area contributed by atoms with Crippen LogP contribution in [0.4, 0.5) is 5.69 Å². The van der Waals surface area contributed by atoms with E-state index in [4.69, 9.17) is 22.1 Å². The van der Waals surface area contributed by atoms with Crippen LogP contribution in [-0.2, 0) is 11.3 Å². The Morgan fingerprint density at radius 1 is 1.40 bits per heavy atom. The van der Waals surface area contributed by atoms with Crippen LogP contribution in [0.15, 0.2) is 18.2 Å². The van der Waals surface area contributed by atoms with Crippen molar-refractivity contribution in [2.45, 2.75) is 38.4 Å². The zero-order valence-corrected chi connectivity index (χ0v) is 12.0. The van der Waals surface area contributed by atoms with Gasteiger partial charge in [-0.15, -0.1) is 0 Å². The smallest absolute Gasteiger partial charge is 0.275 e. The van der Waals surface area contributed by atoms with Gasteiger partial charge >= 0.3 is 0 Å². The molecule has 0 heterocycles. The first-order chi connectivity index (χ1) is 9.61. The summed E-state index contributed by atoms with van der Waals surface area (Å²) in [5.41, 5.74) is 6.32. The first kappa shape index (κ1) is 15.2. The van der Waals surface area contributed by atoms with E-state index in [9.17, 15) is 10.1 Å². The van der Waals surface area contributed by atoms with E-state index in [1.165, 1.54) is 18.6 Å². The lowest BCUT2D eigenvalue weighted by atomic mass is 9.86. The summed E-state index contributed by atoms with van der Waals surface area (Å²) >= 11 is 5.90. The van der Waals surface area contributed by atoms with Crippen LogP contribution in [0.25, 0.3) is 0 Å². The molecule has 110 valence electrons. The van der Waals surface area contributed by atoms with Crippen LogP contribution in [0.5, 0.6) is 0 Å². The molecule has 0 saturated heterocycles. The molecular weight excluding hydrogens is 280 g/mol. The van der Waals surface area contributed by atoms with Gasteiger partial charge in [0, 0.05) is 11.1 Å². The van der Waals surface area contributed by atoms with Crippen molar-refractivity contribution < 1.29 is 9.66 Å². The number of hydrogen-bond donors (Lipinski definition) is 1. The van der Waals surface area contributed by atoms with Gasteiger partial charge in [-0.3, -0.25) is 10.1 Å². The van der Waals surface area contributed by atoms with Gasteiger partial charge < -0.3 is 10.5 Å². The molecule has 2 atom stereocenters. The Hall–Kier alpha value is -1.17. The molecule has 5 nitrogen and oxygen atoms in total. The van der Waals surface area contributed by atoms with Crippen LogP contribution < -0.4 is 5.73 Å². The van der Waals surface area contributed by atoms with E-state index >= 15 is 0 Å². The standard InChI is InChI=1S/C14H19ClN2O3/c15-12-5-6-13(17(18)19)11(7-12)9-20-14-4-2-1-3-10(14)8-16/h5-7,10,14H,1-4,8-9,16H2. The van der Waals surface area contributed by atoms with Gasteiger partial charge in [-0.05, 0) is 37.4 Å². The minimum Gasteiger partial charge on any atom is -0.373 e. The normalized spacial score (nSPS) is 22.7. The van der Waals surface area contributed by atoms with E-state index in [0.29, 0.717) is 23.0 Å². The minimum absolute atomic E-state index is 0.0505. The van der Waals surface area contributed by atoms with Gasteiger partial charge in [0.2, 0.25) is 0 Å². The molecule has 1 aliphatic carbocycles. The third-order valence-electron chi connectivity index (χ3n) is 3.83. The number of nitro groups is 1. The first-order valence-corrected chi connectivity index (χ1v) is 7.24. The van der Waals surface area contributed by atoms with Crippen LogP contribution in [0.3, 0.4) is 0 Å². The van der Waals surface area contributed by atoms with Crippen LogP contribution in [0.1, 0.15) is 31.2 Å². The molecule has 2 unspecified atom stereocenters. The predicted molar refractivity (Wildman–Crippen MR) is 77.7 cm³/mol. The molecule has 1 fully saturated rings. The maximum Gasteiger partial charge on any atom is 0.275 e. The van der Waals surface area contributed by atoms with Crippen molar-refractivity contribution >= 4 is 17.3 Å². The maximum absolute atomic E-state index is 11.0. The van der Waals surface area contributed by atoms with Crippen molar-refractivity contribution in [1.29, 1.82) is 0 Å². The summed E-state index contributed by atoms with van der Waals surface area (Å²) in [6.07, 6.45) is 4.43. The van der Waals surface area contributed by atoms with Gasteiger partial charge in [0.25, 0.3) is 5.69 Å². The molecule has 2 N–H and O–H groups in total. The molecule has 1 aromatic carbocycles. The van der Waals surface area contributed by atoms with Crippen molar-refractivity contribution in [1.82, 2.24) is 0 Å². The van der Waals surface area contributed by atoms with E-state index in [1.54, 1.807) is 6.07 Å². The summed E-state index contributed by atoms with van der Waals surface area (Å²) in [7, 11) is 0. The second-order valence-corrected chi connectivity index (χ2v) is 5.60. The SMILES string of the molecule is NCC1CCCCC1OCc1cc(Cl)ccc1[N+](=O)[O-]. The zero-order valence-electron chi connectivity index (χ0n) is 11.3. The van der Waals surface area contributed by atoms with Crippen molar-refractivity contribution in [3.63, 3.8) is 0 Å². The first-order valence-electron chi connectivity index (χ1n) is 6.86. The average molecular weight is 299 g/mol. The fourth-order valence-electron chi connectivity index (χ4n) is 2.71. The molecular formula is C14H19ClN2O3. The van der Waals surface area contributed by atoms with Crippen molar-refractivity contribution in [3.8, 4) is 0 Å². The third kappa shape index (κ3) is 3.69. The molecule has 0 radical (unpaired) electrons. The lowest BCUT2D eigenvalue weighted by Crippen LogP contribution is -2.33. The molecule has 0 aliphatic heterocycles. The van der Waals surface area contributed by atoms with E-state index in [-0.39, 0.29) is 18.4 Å². The Balaban J connectivity index is 2.06. The number of nitrogens with zero attached hydrogens (tertiary/aromatic N) is 1. The Kier molecular flexibility index (Phi) is 5.34. The molecule has 0 amide bonds. The highest BCUT2D eigenvalue weighted by molar-refractivity contribution is 6.30. The number of rotatable bonds is 5. The number of halogens is 1. The summed E-state index contributed by atoms with van der Waals surface area (Å²) in [6, 6.07) is 4.54. The monoisotopic (exact) mass is 298 g/mol. The number of benzene rings is 1. The fraction of sp³-hybridized carbons (Fsp3) is 0.571. The highest BCUT2D eigenvalue weighted by atomic mass is 35.5. The summed E-state index contributed by atoms with van der Waals surface area (Å²) < 4.78 is 5.88. The molecule has 1 aliphatic rings. The third-order valence-corrected chi connectivity index (χ3v) is 4.07. The predicted octanol–water partition coefficient (Wildman–Crippen LogP) is 3.28. The summed E-state index contributed by atoms with van der Waals surface area (Å²) in [5, 5.41) is 11.5. The van der Waals surface area contributed by atoms with Gasteiger partial charge in [-0.25, -0.2) is 0 Å². The number of hydrogen-bond acceptors (Lipinski definition) is 4. The van der Waals surface area contributed by atoms with Gasteiger partial charge in [0.05, 0.1) is 23.2 Å². The lowest BCUT2D eigenvalue weighted by Gasteiger charge is -2.30. The summed E-state index contributed by atoms with van der Waals surface area (Å²) in [5.74, 6) is 0.349. The zero-order chi connectivity index (χ0) is 14.5. The number of ether oxygens (including phenoxy) is 1. The second kappa shape index (κ2) is 7.02. The second-order valence-electron chi connectivity index (χ2n) is 5.16. The average Bonchev–Trinajstić information content (AvgIpc) is 2.45. The van der Waals surface area contributed by atoms with Crippen LogP contribution in [0, 0.1) is 16.0 Å². The fourth-order valence-corrected chi connectivity index (χ4v) is 2.90. The molecule has 2 rings (SSSR count). The molecule has 0 spiro atoms. The van der Waals surface area contributed by atoms with Gasteiger partial charge in [-0.1, -0.05) is 24.4 Å². The Bertz CT molecular complexity index is 481. The highest BCUT2D eigenvalue weighted by Crippen LogP contribution is 2.29. The van der Waals surface area contributed by atoms with Gasteiger partial charge in [0.1, 0.15) is 0 Å². The van der Waals surface area contributed by atoms with Gasteiger partial charge in [0.15, 0.2) is 0 Å². The Morgan fingerprint density at radius 3 is 2.85 bits per heavy atom. The Morgan fingerprint density at radius 2 is 2.15 bits per heavy atom. The van der Waals surface area contributed by atoms with Crippen LogP contribution in [0.2, 0.25) is 5.02 Å². The molecule has 0 bridgehead atoms. The molecule has 1 saturated carbocycles.